The van der Waals surface area contributed by atoms with Crippen molar-refractivity contribution in [3.05, 3.63) is 29.8 Å². The van der Waals surface area contributed by atoms with E-state index < -0.39 is 5.60 Å². The van der Waals surface area contributed by atoms with Crippen molar-refractivity contribution in [3.63, 3.8) is 0 Å². The lowest BCUT2D eigenvalue weighted by atomic mass is 9.99. The van der Waals surface area contributed by atoms with Gasteiger partial charge >= 0.3 is 0 Å². The second-order valence-corrected chi connectivity index (χ2v) is 4.58. The Morgan fingerprint density at radius 1 is 1.35 bits per heavy atom. The summed E-state index contributed by atoms with van der Waals surface area (Å²) >= 11 is 0. The van der Waals surface area contributed by atoms with E-state index in [4.69, 9.17) is 10.5 Å². The monoisotopic (exact) mass is 237 g/mol. The molecule has 96 valence electrons. The Hall–Kier alpha value is -1.06. The summed E-state index contributed by atoms with van der Waals surface area (Å²) in [6.45, 7) is 6.19. The van der Waals surface area contributed by atoms with E-state index in [1.54, 1.807) is 0 Å². The van der Waals surface area contributed by atoms with Crippen molar-refractivity contribution in [1.82, 2.24) is 0 Å². The minimum Gasteiger partial charge on any atom is -0.491 e. The Balaban J connectivity index is 2.66. The first-order valence-electron chi connectivity index (χ1n) is 6.21. The van der Waals surface area contributed by atoms with Crippen LogP contribution in [0.1, 0.15) is 45.2 Å². The molecular formula is C14H23NO2. The van der Waals surface area contributed by atoms with Gasteiger partial charge in [0, 0.05) is 6.04 Å². The lowest BCUT2D eigenvalue weighted by Gasteiger charge is -2.25. The van der Waals surface area contributed by atoms with Gasteiger partial charge in [-0.1, -0.05) is 26.0 Å². The molecule has 17 heavy (non-hydrogen) atoms. The molecule has 0 heterocycles. The van der Waals surface area contributed by atoms with Crippen LogP contribution in [-0.2, 0) is 0 Å². The molecule has 0 amide bonds. The molecule has 0 aliphatic heterocycles. The van der Waals surface area contributed by atoms with Gasteiger partial charge in [0.2, 0.25) is 0 Å². The van der Waals surface area contributed by atoms with Crippen molar-refractivity contribution >= 4 is 0 Å². The smallest absolute Gasteiger partial charge is 0.119 e. The van der Waals surface area contributed by atoms with Crippen LogP contribution in [-0.4, -0.2) is 17.3 Å². The highest BCUT2D eigenvalue weighted by Crippen LogP contribution is 2.21. The minimum atomic E-state index is -0.732. The Labute approximate surface area is 104 Å². The van der Waals surface area contributed by atoms with Gasteiger partial charge in [-0.25, -0.2) is 0 Å². The normalized spacial score (nSPS) is 13.5. The van der Waals surface area contributed by atoms with Crippen LogP contribution in [0.5, 0.6) is 5.75 Å². The summed E-state index contributed by atoms with van der Waals surface area (Å²) in [5.74, 6) is 0.764. The van der Waals surface area contributed by atoms with Gasteiger partial charge in [-0.2, -0.15) is 0 Å². The van der Waals surface area contributed by atoms with E-state index in [0.717, 1.165) is 11.3 Å². The molecule has 0 bridgehead atoms. The zero-order chi connectivity index (χ0) is 12.9. The molecule has 1 rings (SSSR count). The molecule has 1 aromatic carbocycles. The molecule has 3 heteroatoms. The van der Waals surface area contributed by atoms with Crippen molar-refractivity contribution in [1.29, 1.82) is 0 Å². The average molecular weight is 237 g/mol. The molecule has 1 aromatic rings. The molecule has 0 spiro atoms. The molecule has 0 aliphatic carbocycles. The van der Waals surface area contributed by atoms with Gasteiger partial charge in [-0.05, 0) is 37.5 Å². The van der Waals surface area contributed by atoms with Gasteiger partial charge in [0.15, 0.2) is 0 Å². The second kappa shape index (κ2) is 6.03. The van der Waals surface area contributed by atoms with E-state index in [0.29, 0.717) is 19.4 Å². The summed E-state index contributed by atoms with van der Waals surface area (Å²) in [4.78, 5) is 0. The highest BCUT2D eigenvalue weighted by atomic mass is 16.5. The first kappa shape index (κ1) is 14.0. The predicted octanol–water partition coefficient (Wildman–Crippen LogP) is 2.64. The highest BCUT2D eigenvalue weighted by molar-refractivity contribution is 5.30. The first-order chi connectivity index (χ1) is 8.00. The third kappa shape index (κ3) is 4.02. The molecule has 0 radical (unpaired) electrons. The van der Waals surface area contributed by atoms with Crippen LogP contribution in [0.3, 0.4) is 0 Å². The zero-order valence-electron chi connectivity index (χ0n) is 10.9. The van der Waals surface area contributed by atoms with Crippen molar-refractivity contribution < 1.29 is 9.84 Å². The lowest BCUT2D eigenvalue weighted by molar-refractivity contribution is -0.0113. The molecular weight excluding hydrogens is 214 g/mol. The van der Waals surface area contributed by atoms with E-state index >= 15 is 0 Å². The summed E-state index contributed by atoms with van der Waals surface area (Å²) in [6.07, 6.45) is 1.38. The van der Waals surface area contributed by atoms with Crippen LogP contribution >= 0.6 is 0 Å². The van der Waals surface area contributed by atoms with Gasteiger partial charge in [-0.3, -0.25) is 0 Å². The Bertz CT molecular complexity index is 346. The topological polar surface area (TPSA) is 55.5 Å². The van der Waals surface area contributed by atoms with Gasteiger partial charge < -0.3 is 15.6 Å². The molecule has 0 saturated heterocycles. The fraction of sp³-hybridized carbons (Fsp3) is 0.571. The Morgan fingerprint density at radius 3 is 2.53 bits per heavy atom. The van der Waals surface area contributed by atoms with Crippen LogP contribution in [0.4, 0.5) is 0 Å². The SMILES string of the molecule is CCC(O)(CC)COc1cccc([C@H](C)N)c1. The number of hydrogen-bond donors (Lipinski definition) is 2. The summed E-state index contributed by atoms with van der Waals surface area (Å²) in [5.41, 5.74) is 6.12. The van der Waals surface area contributed by atoms with Crippen molar-refractivity contribution in [2.24, 2.45) is 5.73 Å². The van der Waals surface area contributed by atoms with E-state index in [9.17, 15) is 5.11 Å². The Kier molecular flexibility index (Phi) is 4.97. The molecule has 0 aromatic heterocycles. The molecule has 0 aliphatic rings. The maximum atomic E-state index is 10.1. The van der Waals surface area contributed by atoms with Crippen LogP contribution in [0.25, 0.3) is 0 Å². The van der Waals surface area contributed by atoms with Gasteiger partial charge in [-0.15, -0.1) is 0 Å². The lowest BCUT2D eigenvalue weighted by Crippen LogP contribution is -2.34. The van der Waals surface area contributed by atoms with E-state index in [1.807, 2.05) is 45.0 Å². The third-order valence-electron chi connectivity index (χ3n) is 3.21. The average Bonchev–Trinajstić information content (AvgIpc) is 2.36. The van der Waals surface area contributed by atoms with E-state index in [1.165, 1.54) is 0 Å². The standard InChI is InChI=1S/C14H23NO2/c1-4-14(16,5-2)10-17-13-8-6-7-12(9-13)11(3)15/h6-9,11,16H,4-5,10,15H2,1-3H3/t11-/m0/s1. The zero-order valence-corrected chi connectivity index (χ0v) is 10.9. The number of aliphatic hydroxyl groups is 1. The molecule has 0 saturated carbocycles. The maximum Gasteiger partial charge on any atom is 0.119 e. The number of ether oxygens (including phenoxy) is 1. The fourth-order valence-electron chi connectivity index (χ4n) is 1.56. The third-order valence-corrected chi connectivity index (χ3v) is 3.21. The number of benzene rings is 1. The van der Waals surface area contributed by atoms with Gasteiger partial charge in [0.05, 0.1) is 5.60 Å². The van der Waals surface area contributed by atoms with E-state index in [2.05, 4.69) is 0 Å². The summed E-state index contributed by atoms with van der Waals surface area (Å²) in [6, 6.07) is 7.71. The largest absolute Gasteiger partial charge is 0.491 e. The maximum absolute atomic E-state index is 10.1. The number of hydrogen-bond acceptors (Lipinski definition) is 3. The van der Waals surface area contributed by atoms with Gasteiger partial charge in [0.25, 0.3) is 0 Å². The van der Waals surface area contributed by atoms with Crippen molar-refractivity contribution in [2.75, 3.05) is 6.61 Å². The molecule has 1 atom stereocenters. The number of rotatable bonds is 6. The van der Waals surface area contributed by atoms with Crippen LogP contribution in [0.15, 0.2) is 24.3 Å². The van der Waals surface area contributed by atoms with Crippen molar-refractivity contribution in [2.45, 2.75) is 45.3 Å². The van der Waals surface area contributed by atoms with Crippen LogP contribution in [0, 0.1) is 0 Å². The summed E-state index contributed by atoms with van der Waals surface area (Å²) in [7, 11) is 0. The predicted molar refractivity (Wildman–Crippen MR) is 70.1 cm³/mol. The summed E-state index contributed by atoms with van der Waals surface area (Å²) in [5, 5.41) is 10.1. The molecule has 3 N–H and O–H groups in total. The fourth-order valence-corrected chi connectivity index (χ4v) is 1.56. The quantitative estimate of drug-likeness (QED) is 0.799. The van der Waals surface area contributed by atoms with Crippen LogP contribution in [0.2, 0.25) is 0 Å². The highest BCUT2D eigenvalue weighted by Gasteiger charge is 2.23. The van der Waals surface area contributed by atoms with Gasteiger partial charge in [0.1, 0.15) is 12.4 Å². The second-order valence-electron chi connectivity index (χ2n) is 4.58. The minimum absolute atomic E-state index is 0.00483. The molecule has 0 unspecified atom stereocenters. The molecule has 3 nitrogen and oxygen atoms in total. The first-order valence-corrected chi connectivity index (χ1v) is 6.21. The Morgan fingerprint density at radius 2 is 2.00 bits per heavy atom. The van der Waals surface area contributed by atoms with E-state index in [-0.39, 0.29) is 6.04 Å². The van der Waals surface area contributed by atoms with Crippen molar-refractivity contribution in [3.8, 4) is 5.75 Å². The number of nitrogens with two attached hydrogens (primary N) is 1. The summed E-state index contributed by atoms with van der Waals surface area (Å²) < 4.78 is 5.64. The molecule has 0 fully saturated rings. The van der Waals surface area contributed by atoms with Crippen LogP contribution < -0.4 is 10.5 Å².